The van der Waals surface area contributed by atoms with Crippen LogP contribution in [-0.4, -0.2) is 42.2 Å². The molecular formula is C26H27F4NO3. The topological polar surface area (TPSA) is 49.8 Å². The van der Waals surface area contributed by atoms with Gasteiger partial charge in [-0.1, -0.05) is 17.7 Å². The molecule has 182 valence electrons. The van der Waals surface area contributed by atoms with Crippen molar-refractivity contribution in [1.82, 2.24) is 4.90 Å². The number of aliphatic carboxylic acids is 1. The quantitative estimate of drug-likeness (QED) is 0.398. The number of benzene rings is 2. The summed E-state index contributed by atoms with van der Waals surface area (Å²) in [6.45, 7) is 4.31. The Bertz CT molecular complexity index is 1100. The van der Waals surface area contributed by atoms with Crippen molar-refractivity contribution in [2.24, 2.45) is 5.92 Å². The van der Waals surface area contributed by atoms with Crippen LogP contribution in [0.5, 0.6) is 5.75 Å². The highest BCUT2D eigenvalue weighted by Gasteiger charge is 2.34. The summed E-state index contributed by atoms with van der Waals surface area (Å²) in [6.07, 6.45) is -2.30. The number of aryl methyl sites for hydroxylation is 2. The average Bonchev–Trinajstić information content (AvgIpc) is 2.74. The molecule has 1 aliphatic heterocycles. The second kappa shape index (κ2) is 9.78. The van der Waals surface area contributed by atoms with Crippen molar-refractivity contribution in [3.63, 3.8) is 0 Å². The van der Waals surface area contributed by atoms with Crippen LogP contribution in [0.25, 0.3) is 5.57 Å². The lowest BCUT2D eigenvalue weighted by Gasteiger charge is -2.38. The minimum Gasteiger partial charge on any atom is -0.494 e. The number of carbonyl (C=O) groups is 1. The highest BCUT2D eigenvalue weighted by Crippen LogP contribution is 2.35. The molecule has 0 spiro atoms. The molecule has 4 rings (SSSR count). The van der Waals surface area contributed by atoms with Crippen molar-refractivity contribution >= 4 is 11.5 Å². The number of alkyl halides is 3. The average molecular weight is 477 g/mol. The first kappa shape index (κ1) is 24.3. The maximum Gasteiger partial charge on any atom is 0.416 e. The molecule has 1 aliphatic carbocycles. The summed E-state index contributed by atoms with van der Waals surface area (Å²) in [5.41, 5.74) is 3.99. The van der Waals surface area contributed by atoms with E-state index in [1.807, 2.05) is 18.2 Å². The normalized spacial score (nSPS) is 16.9. The molecule has 1 fully saturated rings. The van der Waals surface area contributed by atoms with E-state index in [9.17, 15) is 22.4 Å². The van der Waals surface area contributed by atoms with Gasteiger partial charge in [0.1, 0.15) is 11.6 Å². The monoisotopic (exact) mass is 477 g/mol. The minimum atomic E-state index is -4.59. The van der Waals surface area contributed by atoms with Crippen molar-refractivity contribution < 1.29 is 32.2 Å². The molecule has 1 heterocycles. The number of hydrogen-bond donors (Lipinski definition) is 1. The van der Waals surface area contributed by atoms with Crippen molar-refractivity contribution in [2.75, 3.05) is 26.2 Å². The first-order valence-electron chi connectivity index (χ1n) is 11.4. The Kier molecular flexibility index (Phi) is 6.98. The van der Waals surface area contributed by atoms with Crippen LogP contribution in [0.3, 0.4) is 0 Å². The van der Waals surface area contributed by atoms with E-state index in [0.29, 0.717) is 31.3 Å². The molecule has 0 unspecified atom stereocenters. The van der Waals surface area contributed by atoms with Crippen LogP contribution < -0.4 is 4.74 Å². The van der Waals surface area contributed by atoms with Gasteiger partial charge >= 0.3 is 12.1 Å². The number of fused-ring (bicyclic) bond motifs is 1. The molecule has 0 aromatic heterocycles. The van der Waals surface area contributed by atoms with Crippen molar-refractivity contribution in [2.45, 2.75) is 38.8 Å². The number of carboxylic acids is 1. The second-order valence-electron chi connectivity index (χ2n) is 9.03. The summed E-state index contributed by atoms with van der Waals surface area (Å²) in [5.74, 6) is -1.22. The summed E-state index contributed by atoms with van der Waals surface area (Å²) in [5, 5.41) is 9.05. The zero-order chi connectivity index (χ0) is 24.5. The Morgan fingerprint density at radius 1 is 1.15 bits per heavy atom. The molecule has 4 nitrogen and oxygen atoms in total. The van der Waals surface area contributed by atoms with E-state index in [1.165, 1.54) is 22.8 Å². The summed E-state index contributed by atoms with van der Waals surface area (Å²) in [7, 11) is 0. The van der Waals surface area contributed by atoms with Crippen LogP contribution in [0, 0.1) is 11.7 Å². The van der Waals surface area contributed by atoms with E-state index in [0.717, 1.165) is 31.0 Å². The number of ether oxygens (including phenoxy) is 1. The van der Waals surface area contributed by atoms with Crippen LogP contribution in [0.15, 0.2) is 42.0 Å². The Morgan fingerprint density at radius 3 is 2.62 bits per heavy atom. The third-order valence-corrected chi connectivity index (χ3v) is 6.66. The van der Waals surface area contributed by atoms with Crippen LogP contribution in [0.2, 0.25) is 0 Å². The molecule has 1 N–H and O–H groups in total. The molecule has 2 aliphatic rings. The van der Waals surface area contributed by atoms with Crippen molar-refractivity contribution in [3.05, 3.63) is 70.0 Å². The first-order valence-corrected chi connectivity index (χ1v) is 11.4. The Balaban J connectivity index is 1.32. The van der Waals surface area contributed by atoms with Gasteiger partial charge in [0.25, 0.3) is 0 Å². The number of rotatable bonds is 8. The second-order valence-corrected chi connectivity index (χ2v) is 9.03. The van der Waals surface area contributed by atoms with Crippen molar-refractivity contribution in [1.29, 1.82) is 0 Å². The molecule has 0 bridgehead atoms. The lowest BCUT2D eigenvalue weighted by Crippen LogP contribution is -2.50. The number of nitrogens with zero attached hydrogens (tertiary/aromatic N) is 1. The molecule has 0 atom stereocenters. The molecule has 34 heavy (non-hydrogen) atoms. The Hall–Kier alpha value is -2.87. The van der Waals surface area contributed by atoms with Gasteiger partial charge in [-0.2, -0.15) is 13.2 Å². The number of likely N-dealkylation sites (tertiary alicyclic amines) is 1. The van der Waals surface area contributed by atoms with E-state index < -0.39 is 23.5 Å². The van der Waals surface area contributed by atoms with E-state index in [1.54, 1.807) is 0 Å². The number of hydrogen-bond acceptors (Lipinski definition) is 3. The molecule has 1 saturated heterocycles. The standard InChI is InChI=1S/C26H27F4NO3/c1-16-19(13-31-14-20(15-31)25(32)33)5-4-18-11-22(8-9-23(16)18)34-10-2-3-17-6-7-21(27)12-24(17)26(28,29)30/h6-9,11-12,20H,2-5,10,13-15H2,1H3,(H,32,33). The third-order valence-electron chi connectivity index (χ3n) is 6.66. The van der Waals surface area contributed by atoms with Crippen LogP contribution in [0.4, 0.5) is 17.6 Å². The van der Waals surface area contributed by atoms with Gasteiger partial charge in [0.2, 0.25) is 0 Å². The van der Waals surface area contributed by atoms with Crippen LogP contribution >= 0.6 is 0 Å². The maximum absolute atomic E-state index is 13.3. The predicted octanol–water partition coefficient (Wildman–Crippen LogP) is 5.59. The zero-order valence-electron chi connectivity index (χ0n) is 18.9. The smallest absolute Gasteiger partial charge is 0.416 e. The van der Waals surface area contributed by atoms with Gasteiger partial charge < -0.3 is 9.84 Å². The summed E-state index contributed by atoms with van der Waals surface area (Å²) < 4.78 is 58.5. The molecule has 0 amide bonds. The zero-order valence-corrected chi connectivity index (χ0v) is 18.9. The lowest BCUT2D eigenvalue weighted by atomic mass is 9.85. The van der Waals surface area contributed by atoms with Gasteiger partial charge in [0.05, 0.1) is 18.1 Å². The fraction of sp³-hybridized carbons (Fsp3) is 0.423. The Labute approximate surface area is 195 Å². The molecular weight excluding hydrogens is 450 g/mol. The molecule has 0 radical (unpaired) electrons. The van der Waals surface area contributed by atoms with E-state index in [-0.39, 0.29) is 24.5 Å². The van der Waals surface area contributed by atoms with Gasteiger partial charge in [0.15, 0.2) is 0 Å². The summed E-state index contributed by atoms with van der Waals surface area (Å²) >= 11 is 0. The first-order chi connectivity index (χ1) is 16.1. The molecule has 8 heteroatoms. The van der Waals surface area contributed by atoms with Gasteiger partial charge in [-0.3, -0.25) is 9.69 Å². The highest BCUT2D eigenvalue weighted by molar-refractivity contribution is 5.73. The van der Waals surface area contributed by atoms with Crippen LogP contribution in [0.1, 0.15) is 42.0 Å². The highest BCUT2D eigenvalue weighted by atomic mass is 19.4. The summed E-state index contributed by atoms with van der Waals surface area (Å²) in [6, 6.07) is 8.64. The summed E-state index contributed by atoms with van der Waals surface area (Å²) in [4.78, 5) is 13.2. The fourth-order valence-electron chi connectivity index (χ4n) is 4.70. The van der Waals surface area contributed by atoms with E-state index in [4.69, 9.17) is 9.84 Å². The minimum absolute atomic E-state index is 0.0631. The van der Waals surface area contributed by atoms with Gasteiger partial charge in [-0.25, -0.2) is 4.39 Å². The Morgan fingerprint density at radius 2 is 1.91 bits per heavy atom. The molecule has 0 saturated carbocycles. The molecule has 2 aromatic rings. The predicted molar refractivity (Wildman–Crippen MR) is 120 cm³/mol. The molecule has 2 aromatic carbocycles. The largest absolute Gasteiger partial charge is 0.494 e. The van der Waals surface area contributed by atoms with Crippen LogP contribution in [-0.2, 0) is 23.8 Å². The third kappa shape index (κ3) is 5.43. The SMILES string of the molecule is CC1=C(CN2CC(C(=O)O)C2)CCc2cc(OCCCc3ccc(F)cc3C(F)(F)F)ccc21. The number of halogens is 4. The lowest BCUT2D eigenvalue weighted by molar-refractivity contribution is -0.147. The van der Waals surface area contributed by atoms with Crippen molar-refractivity contribution in [3.8, 4) is 5.75 Å². The van der Waals surface area contributed by atoms with E-state index in [2.05, 4.69) is 11.8 Å². The van der Waals surface area contributed by atoms with Gasteiger partial charge in [-0.05, 0) is 79.1 Å². The van der Waals surface area contributed by atoms with Gasteiger partial charge in [-0.15, -0.1) is 0 Å². The fourth-order valence-corrected chi connectivity index (χ4v) is 4.70. The van der Waals surface area contributed by atoms with Gasteiger partial charge in [0, 0.05) is 19.6 Å². The maximum atomic E-state index is 13.3. The van der Waals surface area contributed by atoms with E-state index >= 15 is 0 Å². The number of carboxylic acid groups (broad SMARTS) is 1. The number of allylic oxidation sites excluding steroid dienone is 1.